The van der Waals surface area contributed by atoms with Gasteiger partial charge in [0, 0.05) is 29.4 Å². The molecular weight excluding hydrogens is 512 g/mol. The third kappa shape index (κ3) is 4.14. The summed E-state index contributed by atoms with van der Waals surface area (Å²) < 4.78 is 68.0. The summed E-state index contributed by atoms with van der Waals surface area (Å²) in [5, 5.41) is 4.77. The molecule has 2 aromatic heterocycles. The van der Waals surface area contributed by atoms with Gasteiger partial charge in [0.25, 0.3) is 10.0 Å². The summed E-state index contributed by atoms with van der Waals surface area (Å²) in [6, 6.07) is 13.7. The fourth-order valence-electron chi connectivity index (χ4n) is 3.81. The van der Waals surface area contributed by atoms with Crippen molar-refractivity contribution in [1.82, 2.24) is 10.1 Å². The maximum atomic E-state index is 15.1. The molecule has 3 aromatic carbocycles. The summed E-state index contributed by atoms with van der Waals surface area (Å²) in [6.45, 7) is 0. The first kappa shape index (κ1) is 23.7. The predicted octanol–water partition coefficient (Wildman–Crippen LogP) is 6.36. The van der Waals surface area contributed by atoms with Gasteiger partial charge in [-0.1, -0.05) is 28.9 Å². The lowest BCUT2D eigenvalue weighted by Crippen LogP contribution is -2.28. The molecule has 5 rings (SSSR count). The Labute approximate surface area is 209 Å². The van der Waals surface area contributed by atoms with Crippen molar-refractivity contribution in [3.8, 4) is 16.9 Å². The van der Waals surface area contributed by atoms with Crippen molar-refractivity contribution in [2.45, 2.75) is 4.90 Å². The number of hydrogen-bond donors (Lipinski definition) is 0. The van der Waals surface area contributed by atoms with Crippen LogP contribution in [0.5, 0.6) is 5.75 Å². The van der Waals surface area contributed by atoms with Crippen LogP contribution in [0.25, 0.3) is 21.9 Å². The van der Waals surface area contributed by atoms with Gasteiger partial charge in [-0.25, -0.2) is 21.5 Å². The van der Waals surface area contributed by atoms with E-state index in [1.165, 1.54) is 68.2 Å². The third-order valence-electron chi connectivity index (χ3n) is 5.46. The van der Waals surface area contributed by atoms with Crippen LogP contribution in [0, 0.1) is 11.6 Å². The molecule has 11 heteroatoms. The molecule has 0 bridgehead atoms. The van der Waals surface area contributed by atoms with Gasteiger partial charge < -0.3 is 9.26 Å². The normalized spacial score (nSPS) is 11.6. The van der Waals surface area contributed by atoms with Gasteiger partial charge in [0.15, 0.2) is 5.82 Å². The Morgan fingerprint density at radius 3 is 2.58 bits per heavy atom. The number of aromatic nitrogens is 2. The Hall–Kier alpha value is -4.02. The monoisotopic (exact) mass is 527 g/mol. The minimum atomic E-state index is -4.62. The van der Waals surface area contributed by atoms with Crippen LogP contribution in [-0.2, 0) is 10.0 Å². The standard InChI is InChI=1S/C25H16ClF2N3O4S/c1-34-23-12-19(16-3-2-4-18(27)9-16)20(26)13-22(23)31(25-6-8-35-30-25)36(32,33)24-11-15-5-7-29-14-17(15)10-21(24)28/h2-14H,1H3. The number of sulfonamides is 1. The van der Waals surface area contributed by atoms with Gasteiger partial charge in [0.05, 0.1) is 12.1 Å². The fourth-order valence-corrected chi connectivity index (χ4v) is 5.60. The van der Waals surface area contributed by atoms with E-state index in [-0.39, 0.29) is 22.3 Å². The molecule has 0 N–H and O–H groups in total. The Bertz CT molecular complexity index is 1700. The van der Waals surface area contributed by atoms with Gasteiger partial charge in [-0.15, -0.1) is 0 Å². The maximum absolute atomic E-state index is 15.1. The average Bonchev–Trinajstić information content (AvgIpc) is 3.38. The number of methoxy groups -OCH3 is 1. The van der Waals surface area contributed by atoms with Crippen LogP contribution in [0.3, 0.4) is 0 Å². The van der Waals surface area contributed by atoms with E-state index < -0.39 is 26.6 Å². The minimum absolute atomic E-state index is 0.0502. The lowest BCUT2D eigenvalue weighted by atomic mass is 10.0. The van der Waals surface area contributed by atoms with Crippen LogP contribution in [0.2, 0.25) is 5.02 Å². The van der Waals surface area contributed by atoms with Gasteiger partial charge in [-0.05, 0) is 53.4 Å². The summed E-state index contributed by atoms with van der Waals surface area (Å²) in [5.74, 6) is -1.54. The second-order valence-corrected chi connectivity index (χ2v) is 9.81. The quantitative estimate of drug-likeness (QED) is 0.255. The largest absolute Gasteiger partial charge is 0.495 e. The second kappa shape index (κ2) is 9.21. The van der Waals surface area contributed by atoms with Crippen LogP contribution in [0.1, 0.15) is 0 Å². The van der Waals surface area contributed by atoms with Gasteiger partial charge >= 0.3 is 0 Å². The second-order valence-electron chi connectivity index (χ2n) is 7.65. The lowest BCUT2D eigenvalue weighted by Gasteiger charge is -2.25. The predicted molar refractivity (Wildman–Crippen MR) is 131 cm³/mol. The van der Waals surface area contributed by atoms with E-state index in [2.05, 4.69) is 10.1 Å². The molecule has 2 heterocycles. The summed E-state index contributed by atoms with van der Waals surface area (Å²) in [7, 11) is -3.28. The molecule has 0 amide bonds. The molecule has 36 heavy (non-hydrogen) atoms. The van der Waals surface area contributed by atoms with Crippen molar-refractivity contribution >= 4 is 43.9 Å². The molecule has 0 spiro atoms. The first-order valence-electron chi connectivity index (χ1n) is 10.4. The van der Waals surface area contributed by atoms with E-state index in [1.807, 2.05) is 0 Å². The average molecular weight is 528 g/mol. The molecule has 0 aliphatic heterocycles. The van der Waals surface area contributed by atoms with E-state index in [4.69, 9.17) is 20.9 Å². The molecule has 0 saturated heterocycles. The van der Waals surface area contributed by atoms with Crippen LogP contribution < -0.4 is 9.04 Å². The van der Waals surface area contributed by atoms with E-state index >= 15 is 4.39 Å². The van der Waals surface area contributed by atoms with E-state index in [1.54, 1.807) is 12.1 Å². The number of pyridine rings is 1. The molecule has 5 aromatic rings. The van der Waals surface area contributed by atoms with E-state index in [0.29, 0.717) is 21.9 Å². The van der Waals surface area contributed by atoms with Crippen LogP contribution in [0.4, 0.5) is 20.3 Å². The number of rotatable bonds is 6. The van der Waals surface area contributed by atoms with Crippen molar-refractivity contribution in [1.29, 1.82) is 0 Å². The van der Waals surface area contributed by atoms with Crippen molar-refractivity contribution in [2.24, 2.45) is 0 Å². The van der Waals surface area contributed by atoms with Gasteiger partial charge in [-0.2, -0.15) is 0 Å². The summed E-state index contributed by atoms with van der Waals surface area (Å²) in [5.41, 5.74) is 0.805. The Kier molecular flexibility index (Phi) is 6.07. The molecule has 0 radical (unpaired) electrons. The zero-order chi connectivity index (χ0) is 25.4. The highest BCUT2D eigenvalue weighted by Crippen LogP contribution is 2.44. The van der Waals surface area contributed by atoms with Crippen molar-refractivity contribution in [2.75, 3.05) is 11.4 Å². The lowest BCUT2D eigenvalue weighted by molar-refractivity contribution is 0.414. The van der Waals surface area contributed by atoms with Crippen molar-refractivity contribution in [3.63, 3.8) is 0 Å². The fraction of sp³-hybridized carbons (Fsp3) is 0.0400. The minimum Gasteiger partial charge on any atom is -0.495 e. The molecule has 0 aliphatic rings. The number of benzene rings is 3. The Balaban J connectivity index is 1.73. The first-order valence-corrected chi connectivity index (χ1v) is 12.2. The van der Waals surface area contributed by atoms with Crippen LogP contribution >= 0.6 is 11.6 Å². The van der Waals surface area contributed by atoms with E-state index in [0.717, 1.165) is 10.4 Å². The number of hydrogen-bond acceptors (Lipinski definition) is 6. The molecule has 0 unspecified atom stereocenters. The third-order valence-corrected chi connectivity index (χ3v) is 7.51. The van der Waals surface area contributed by atoms with Crippen LogP contribution in [-0.4, -0.2) is 25.7 Å². The van der Waals surface area contributed by atoms with Crippen molar-refractivity contribution in [3.05, 3.63) is 96.0 Å². The summed E-state index contributed by atoms with van der Waals surface area (Å²) in [4.78, 5) is 3.34. The summed E-state index contributed by atoms with van der Waals surface area (Å²) >= 11 is 6.53. The van der Waals surface area contributed by atoms with Crippen molar-refractivity contribution < 1.29 is 26.5 Å². The summed E-state index contributed by atoms with van der Waals surface area (Å²) in [6.07, 6.45) is 4.08. The number of halogens is 3. The molecule has 7 nitrogen and oxygen atoms in total. The number of ether oxygens (including phenoxy) is 1. The highest BCUT2D eigenvalue weighted by atomic mass is 35.5. The Morgan fingerprint density at radius 1 is 1.03 bits per heavy atom. The van der Waals surface area contributed by atoms with E-state index in [9.17, 15) is 12.8 Å². The molecule has 0 saturated carbocycles. The van der Waals surface area contributed by atoms with Gasteiger partial charge in [-0.3, -0.25) is 4.98 Å². The highest BCUT2D eigenvalue weighted by Gasteiger charge is 2.34. The molecule has 0 fully saturated rings. The number of nitrogens with zero attached hydrogens (tertiary/aromatic N) is 3. The Morgan fingerprint density at radius 2 is 1.86 bits per heavy atom. The number of anilines is 2. The zero-order valence-electron chi connectivity index (χ0n) is 18.5. The molecule has 0 aliphatic carbocycles. The molecular formula is C25H16ClF2N3O4S. The highest BCUT2D eigenvalue weighted by molar-refractivity contribution is 7.93. The molecule has 0 atom stereocenters. The van der Waals surface area contributed by atoms with Crippen LogP contribution in [0.15, 0.2) is 88.7 Å². The van der Waals surface area contributed by atoms with Gasteiger partial charge in [0.2, 0.25) is 0 Å². The van der Waals surface area contributed by atoms with Gasteiger partial charge in [0.1, 0.15) is 34.2 Å². The molecule has 182 valence electrons. The number of fused-ring (bicyclic) bond motifs is 1. The first-order chi connectivity index (χ1) is 17.3. The topological polar surface area (TPSA) is 85.5 Å². The SMILES string of the molecule is COc1cc(-c2cccc(F)c2)c(Cl)cc1N(c1ccon1)S(=O)(=O)c1cc2ccncc2cc1F. The zero-order valence-corrected chi connectivity index (χ0v) is 20.1. The smallest absolute Gasteiger partial charge is 0.273 e. The maximum Gasteiger partial charge on any atom is 0.273 e.